The molecule has 38 heavy (non-hydrogen) atoms. The summed E-state index contributed by atoms with van der Waals surface area (Å²) in [6.45, 7) is 9.26. The Labute approximate surface area is 230 Å². The van der Waals surface area contributed by atoms with Crippen molar-refractivity contribution in [1.82, 2.24) is 19.8 Å². The summed E-state index contributed by atoms with van der Waals surface area (Å²) in [5.41, 5.74) is 9.25. The van der Waals surface area contributed by atoms with E-state index >= 15 is 0 Å². The van der Waals surface area contributed by atoms with Crippen molar-refractivity contribution >= 4 is 44.6 Å². The number of aldehydes is 1. The number of rotatable bonds is 2. The highest BCUT2D eigenvalue weighted by atomic mass is 32.1. The lowest BCUT2D eigenvalue weighted by Gasteiger charge is -2.27. The molecular weight excluding hydrogens is 490 g/mol. The van der Waals surface area contributed by atoms with E-state index in [9.17, 15) is 4.79 Å². The summed E-state index contributed by atoms with van der Waals surface area (Å²) in [7, 11) is 4.41. The fourth-order valence-corrected chi connectivity index (χ4v) is 6.27. The summed E-state index contributed by atoms with van der Waals surface area (Å²) in [5.74, 6) is 2.17. The van der Waals surface area contributed by atoms with Crippen molar-refractivity contribution in [2.75, 3.05) is 46.0 Å². The van der Waals surface area contributed by atoms with E-state index in [1.165, 1.54) is 67.1 Å². The van der Waals surface area contributed by atoms with Crippen LogP contribution < -0.4 is 5.73 Å². The number of para-hydroxylation sites is 1. The number of likely N-dealkylation sites (tertiary alicyclic amines) is 2. The molecule has 2 aromatic carbocycles. The van der Waals surface area contributed by atoms with Crippen LogP contribution in [0.3, 0.4) is 0 Å². The molecule has 1 atom stereocenters. The molecule has 7 heteroatoms. The van der Waals surface area contributed by atoms with Gasteiger partial charge in [-0.25, -0.2) is 9.97 Å². The van der Waals surface area contributed by atoms with Crippen molar-refractivity contribution in [1.29, 1.82) is 0 Å². The highest BCUT2D eigenvalue weighted by Gasteiger charge is 2.21. The summed E-state index contributed by atoms with van der Waals surface area (Å²) < 4.78 is 1.33. The lowest BCUT2D eigenvalue weighted by Crippen LogP contribution is -2.30. The van der Waals surface area contributed by atoms with E-state index in [2.05, 4.69) is 60.1 Å². The minimum atomic E-state index is 0.538. The van der Waals surface area contributed by atoms with Crippen LogP contribution >= 0.6 is 11.3 Å². The molecule has 0 spiro atoms. The first-order valence-electron chi connectivity index (χ1n) is 13.7. The number of benzene rings is 2. The highest BCUT2D eigenvalue weighted by molar-refractivity contribution is 7.18. The third-order valence-electron chi connectivity index (χ3n) is 7.44. The number of nitrogens with zero attached hydrogens (tertiary/aromatic N) is 4. The number of hydrogen-bond donors (Lipinski definition) is 1. The number of thiazole rings is 1. The van der Waals surface area contributed by atoms with Crippen LogP contribution in [0.4, 0.5) is 5.82 Å². The van der Waals surface area contributed by atoms with Crippen LogP contribution in [0.15, 0.2) is 48.5 Å². The van der Waals surface area contributed by atoms with E-state index in [0.29, 0.717) is 17.3 Å². The number of carbonyl (C=O) groups is 1. The maximum absolute atomic E-state index is 10.6. The van der Waals surface area contributed by atoms with Gasteiger partial charge in [0.1, 0.15) is 12.1 Å². The molecule has 2 aliphatic heterocycles. The molecule has 0 aliphatic carbocycles. The van der Waals surface area contributed by atoms with Crippen LogP contribution in [0.5, 0.6) is 0 Å². The van der Waals surface area contributed by atoms with E-state index in [4.69, 9.17) is 10.7 Å². The molecule has 4 aromatic rings. The third kappa shape index (κ3) is 7.59. The van der Waals surface area contributed by atoms with Crippen LogP contribution in [0.1, 0.15) is 59.5 Å². The molecule has 6 rings (SSSR count). The molecule has 2 aliphatic rings. The number of anilines is 1. The summed E-state index contributed by atoms with van der Waals surface area (Å²) in [6.07, 6.45) is 6.18. The number of fused-ring (bicyclic) bond motifs is 2. The number of hydrogen-bond acceptors (Lipinski definition) is 7. The molecule has 0 bridgehead atoms. The van der Waals surface area contributed by atoms with Crippen LogP contribution in [0, 0.1) is 12.8 Å². The Hall–Kier alpha value is -2.87. The third-order valence-corrected chi connectivity index (χ3v) is 8.64. The van der Waals surface area contributed by atoms with Gasteiger partial charge in [0.2, 0.25) is 0 Å². The van der Waals surface area contributed by atoms with Gasteiger partial charge < -0.3 is 15.5 Å². The summed E-state index contributed by atoms with van der Waals surface area (Å²) in [6, 6.07) is 15.7. The SMILES string of the molecule is CC1CCCN(C)C1.CN1CCC(c2nc3ccccc3s2)CC1.Cc1cc2cc(C=O)ccc2nc1N. The molecule has 0 amide bonds. The fraction of sp³-hybridized carbons (Fsp3) is 0.452. The maximum Gasteiger partial charge on any atom is 0.150 e. The Morgan fingerprint density at radius 2 is 1.71 bits per heavy atom. The molecule has 4 heterocycles. The molecule has 2 N–H and O–H groups in total. The first kappa shape index (κ1) is 28.1. The molecule has 1 unspecified atom stereocenters. The number of piperidine rings is 2. The Balaban J connectivity index is 0.000000140. The number of aromatic nitrogens is 2. The van der Waals surface area contributed by atoms with Gasteiger partial charge in [-0.15, -0.1) is 11.3 Å². The van der Waals surface area contributed by atoms with Gasteiger partial charge in [0.15, 0.2) is 0 Å². The molecule has 0 radical (unpaired) electrons. The van der Waals surface area contributed by atoms with E-state index in [1.54, 1.807) is 12.1 Å². The van der Waals surface area contributed by atoms with Crippen molar-refractivity contribution in [2.45, 2.75) is 45.4 Å². The van der Waals surface area contributed by atoms with E-state index < -0.39 is 0 Å². The molecular formula is C31H41N5OS. The number of nitrogen functional groups attached to an aromatic ring is 1. The quantitative estimate of drug-likeness (QED) is 0.302. The minimum Gasteiger partial charge on any atom is -0.383 e. The van der Waals surface area contributed by atoms with E-state index in [0.717, 1.165) is 28.7 Å². The van der Waals surface area contributed by atoms with Crippen molar-refractivity contribution in [3.8, 4) is 0 Å². The van der Waals surface area contributed by atoms with E-state index in [1.807, 2.05) is 30.4 Å². The second-order valence-electron chi connectivity index (χ2n) is 10.9. The molecule has 6 nitrogen and oxygen atoms in total. The topological polar surface area (TPSA) is 75.3 Å². The number of pyridine rings is 1. The van der Waals surface area contributed by atoms with Crippen LogP contribution in [-0.2, 0) is 0 Å². The van der Waals surface area contributed by atoms with Crippen LogP contribution in [-0.4, -0.2) is 66.3 Å². The Kier molecular flexibility index (Phi) is 9.83. The minimum absolute atomic E-state index is 0.538. The number of nitrogens with two attached hydrogens (primary N) is 1. The predicted octanol–water partition coefficient (Wildman–Crippen LogP) is 6.39. The van der Waals surface area contributed by atoms with Crippen molar-refractivity contribution in [2.24, 2.45) is 5.92 Å². The monoisotopic (exact) mass is 531 g/mol. The summed E-state index contributed by atoms with van der Waals surface area (Å²) in [4.78, 5) is 24.3. The standard InChI is InChI=1S/C13H16N2S.C11H10N2O.C7H15N/c1-15-8-6-10(7-9-15)13-14-11-4-2-3-5-12(11)16-13;1-7-4-9-5-8(6-14)2-3-10(9)13-11(7)12;1-7-4-3-5-8(2)6-7/h2-5,10H,6-9H2,1H3;2-6H,1H3,(H2,12,13);7H,3-6H2,1-2H3. The van der Waals surface area contributed by atoms with E-state index in [-0.39, 0.29) is 0 Å². The van der Waals surface area contributed by atoms with Gasteiger partial charge in [-0.05, 0) is 114 Å². The van der Waals surface area contributed by atoms with Crippen LogP contribution in [0.25, 0.3) is 21.1 Å². The Morgan fingerprint density at radius 3 is 2.37 bits per heavy atom. The van der Waals surface area contributed by atoms with Gasteiger partial charge in [0.05, 0.1) is 20.7 Å². The zero-order valence-electron chi connectivity index (χ0n) is 23.2. The van der Waals surface area contributed by atoms with Crippen LogP contribution in [0.2, 0.25) is 0 Å². The zero-order valence-corrected chi connectivity index (χ0v) is 24.0. The Morgan fingerprint density at radius 1 is 0.947 bits per heavy atom. The van der Waals surface area contributed by atoms with Gasteiger partial charge >= 0.3 is 0 Å². The van der Waals surface area contributed by atoms with Crippen molar-refractivity contribution in [3.05, 3.63) is 64.7 Å². The number of carbonyl (C=O) groups excluding carboxylic acids is 1. The average Bonchev–Trinajstić information content (AvgIpc) is 3.35. The van der Waals surface area contributed by atoms with Gasteiger partial charge in [-0.1, -0.05) is 19.1 Å². The van der Waals surface area contributed by atoms with Gasteiger partial charge in [0.25, 0.3) is 0 Å². The Bertz CT molecular complexity index is 1300. The lowest BCUT2D eigenvalue weighted by atomic mass is 9.98. The summed E-state index contributed by atoms with van der Waals surface area (Å²) >= 11 is 1.88. The molecule has 2 aromatic heterocycles. The first-order chi connectivity index (χ1) is 18.3. The smallest absolute Gasteiger partial charge is 0.150 e. The lowest BCUT2D eigenvalue weighted by molar-refractivity contribution is 0.112. The first-order valence-corrected chi connectivity index (χ1v) is 14.5. The van der Waals surface area contributed by atoms with Gasteiger partial charge in [0, 0.05) is 23.4 Å². The largest absolute Gasteiger partial charge is 0.383 e. The average molecular weight is 532 g/mol. The maximum atomic E-state index is 10.6. The highest BCUT2D eigenvalue weighted by Crippen LogP contribution is 2.33. The molecule has 0 saturated carbocycles. The fourth-order valence-electron chi connectivity index (χ4n) is 5.13. The summed E-state index contributed by atoms with van der Waals surface area (Å²) in [5, 5.41) is 2.29. The molecule has 202 valence electrons. The van der Waals surface area contributed by atoms with Gasteiger partial charge in [-0.3, -0.25) is 4.79 Å². The number of aryl methyl sites for hydroxylation is 1. The second-order valence-corrected chi connectivity index (χ2v) is 11.9. The zero-order chi connectivity index (χ0) is 27.1. The predicted molar refractivity (Wildman–Crippen MR) is 161 cm³/mol. The normalized spacial score (nSPS) is 18.9. The van der Waals surface area contributed by atoms with Crippen molar-refractivity contribution in [3.63, 3.8) is 0 Å². The second kappa shape index (κ2) is 13.3. The molecule has 2 saturated heterocycles. The molecule has 2 fully saturated rings. The van der Waals surface area contributed by atoms with Crippen molar-refractivity contribution < 1.29 is 4.79 Å². The van der Waals surface area contributed by atoms with Gasteiger partial charge in [-0.2, -0.15) is 0 Å².